The minimum Gasteiger partial charge on any atom is -0.340 e. The predicted molar refractivity (Wildman–Crippen MR) is 144 cm³/mol. The van der Waals surface area contributed by atoms with Crippen LogP contribution in [0.1, 0.15) is 30.0 Å². The third-order valence-corrected chi connectivity index (χ3v) is 6.87. The molecule has 0 N–H and O–H groups in total. The second-order valence-corrected chi connectivity index (χ2v) is 9.26. The van der Waals surface area contributed by atoms with Crippen LogP contribution in [0.3, 0.4) is 0 Å². The Kier molecular flexibility index (Phi) is 7.81. The molecule has 1 amide bonds. The van der Waals surface area contributed by atoms with Gasteiger partial charge in [0.25, 0.3) is 5.56 Å². The van der Waals surface area contributed by atoms with Gasteiger partial charge in [0.15, 0.2) is 0 Å². The van der Waals surface area contributed by atoms with Gasteiger partial charge >= 0.3 is 0 Å². The summed E-state index contributed by atoms with van der Waals surface area (Å²) in [7, 11) is 0. The Morgan fingerprint density at radius 2 is 1.41 bits per heavy atom. The largest absolute Gasteiger partial charge is 0.340 e. The first-order chi connectivity index (χ1) is 18.2. The molecule has 7 nitrogen and oxygen atoms in total. The van der Waals surface area contributed by atoms with Gasteiger partial charge < -0.3 is 4.90 Å². The van der Waals surface area contributed by atoms with Gasteiger partial charge in [0.05, 0.1) is 11.7 Å². The molecule has 1 aliphatic heterocycles. The van der Waals surface area contributed by atoms with Crippen LogP contribution in [-0.4, -0.2) is 56.7 Å². The molecule has 7 heteroatoms. The summed E-state index contributed by atoms with van der Waals surface area (Å²) in [6.45, 7) is 3.44. The van der Waals surface area contributed by atoms with Crippen molar-refractivity contribution in [1.29, 1.82) is 0 Å². The lowest BCUT2D eigenvalue weighted by Crippen LogP contribution is -2.49. The summed E-state index contributed by atoms with van der Waals surface area (Å²) in [5.74, 6) is 0.133. The molecule has 4 aromatic rings. The number of hydrogen-bond acceptors (Lipinski definition) is 5. The number of pyridine rings is 1. The van der Waals surface area contributed by atoms with Crippen LogP contribution in [0.15, 0.2) is 102 Å². The van der Waals surface area contributed by atoms with E-state index in [0.717, 1.165) is 24.3 Å². The lowest BCUT2D eigenvalue weighted by atomic mass is 9.96. The molecule has 0 atom stereocenters. The monoisotopic (exact) mass is 493 g/mol. The van der Waals surface area contributed by atoms with Crippen LogP contribution < -0.4 is 5.56 Å². The average Bonchev–Trinajstić information content (AvgIpc) is 2.96. The summed E-state index contributed by atoms with van der Waals surface area (Å²) < 4.78 is 1.45. The molecule has 0 radical (unpaired) electrons. The van der Waals surface area contributed by atoms with Crippen molar-refractivity contribution in [2.45, 2.75) is 25.4 Å². The van der Waals surface area contributed by atoms with Gasteiger partial charge in [-0.25, -0.2) is 4.68 Å². The van der Waals surface area contributed by atoms with Crippen molar-refractivity contribution in [3.05, 3.63) is 119 Å². The SMILES string of the molecule is O=C(CCCn1nc(-c2ccncc2)ccc1=O)N1CCN(C(c2ccccc2)c2ccccc2)CC1. The van der Waals surface area contributed by atoms with E-state index in [2.05, 4.69) is 63.5 Å². The average molecular weight is 494 g/mol. The fourth-order valence-electron chi connectivity index (χ4n) is 4.94. The van der Waals surface area contributed by atoms with Gasteiger partial charge in [-0.1, -0.05) is 60.7 Å². The van der Waals surface area contributed by atoms with Gasteiger partial charge in [0.2, 0.25) is 5.91 Å². The maximum absolute atomic E-state index is 13.0. The van der Waals surface area contributed by atoms with Crippen molar-refractivity contribution in [2.24, 2.45) is 0 Å². The third-order valence-electron chi connectivity index (χ3n) is 6.87. The Hall–Kier alpha value is -4.10. The van der Waals surface area contributed by atoms with Crippen molar-refractivity contribution < 1.29 is 4.79 Å². The first-order valence-electron chi connectivity index (χ1n) is 12.8. The Balaban J connectivity index is 1.17. The zero-order valence-electron chi connectivity index (χ0n) is 20.8. The fraction of sp³-hybridized carbons (Fsp3) is 0.267. The van der Waals surface area contributed by atoms with E-state index in [9.17, 15) is 9.59 Å². The molecule has 188 valence electrons. The molecule has 0 bridgehead atoms. The number of carbonyl (C=O) groups is 1. The summed E-state index contributed by atoms with van der Waals surface area (Å²) in [5, 5.41) is 4.48. The molecule has 0 saturated carbocycles. The molecule has 1 fully saturated rings. The summed E-state index contributed by atoms with van der Waals surface area (Å²) in [6.07, 6.45) is 4.37. The van der Waals surface area contributed by atoms with Crippen LogP contribution in [0.25, 0.3) is 11.3 Å². The van der Waals surface area contributed by atoms with E-state index in [0.29, 0.717) is 32.5 Å². The van der Waals surface area contributed by atoms with E-state index < -0.39 is 0 Å². The maximum Gasteiger partial charge on any atom is 0.266 e. The topological polar surface area (TPSA) is 71.3 Å². The van der Waals surface area contributed by atoms with Crippen LogP contribution in [-0.2, 0) is 11.3 Å². The first kappa shape index (κ1) is 24.6. The van der Waals surface area contributed by atoms with Gasteiger partial charge in [-0.3, -0.25) is 19.5 Å². The molecule has 2 aromatic carbocycles. The normalized spacial score (nSPS) is 14.1. The van der Waals surface area contributed by atoms with Gasteiger partial charge in [0.1, 0.15) is 0 Å². The highest BCUT2D eigenvalue weighted by Crippen LogP contribution is 2.29. The molecule has 5 rings (SSSR count). The quantitative estimate of drug-likeness (QED) is 0.371. The molecule has 0 unspecified atom stereocenters. The third kappa shape index (κ3) is 6.01. The number of benzene rings is 2. The Labute approximate surface area is 217 Å². The zero-order chi connectivity index (χ0) is 25.5. The number of hydrogen-bond donors (Lipinski definition) is 0. The predicted octanol–water partition coefficient (Wildman–Crippen LogP) is 4.02. The minimum absolute atomic E-state index is 0.133. The van der Waals surface area contributed by atoms with Crippen molar-refractivity contribution in [3.63, 3.8) is 0 Å². The lowest BCUT2D eigenvalue weighted by molar-refractivity contribution is -0.133. The second-order valence-electron chi connectivity index (χ2n) is 9.26. The van der Waals surface area contributed by atoms with Crippen LogP contribution in [0.5, 0.6) is 0 Å². The van der Waals surface area contributed by atoms with Gasteiger partial charge in [0, 0.05) is 63.2 Å². The molecule has 2 aromatic heterocycles. The fourth-order valence-corrected chi connectivity index (χ4v) is 4.94. The first-order valence-corrected chi connectivity index (χ1v) is 12.8. The van der Waals surface area contributed by atoms with Crippen molar-refractivity contribution >= 4 is 5.91 Å². The minimum atomic E-state index is -0.160. The summed E-state index contributed by atoms with van der Waals surface area (Å²) in [5.41, 5.74) is 3.99. The molecule has 0 aliphatic carbocycles. The lowest BCUT2D eigenvalue weighted by Gasteiger charge is -2.40. The van der Waals surface area contributed by atoms with E-state index in [1.807, 2.05) is 29.2 Å². The standard InChI is InChI=1S/C30H31N5O2/c36-28(12-7-19-35-29(37)14-13-27(32-35)24-15-17-31-18-16-24)33-20-22-34(23-21-33)30(25-8-3-1-4-9-25)26-10-5-2-6-11-26/h1-6,8-11,13-18,30H,7,12,19-23H2. The number of nitrogens with zero attached hydrogens (tertiary/aromatic N) is 5. The molecular formula is C30H31N5O2. The van der Waals surface area contributed by atoms with E-state index in [-0.39, 0.29) is 17.5 Å². The summed E-state index contributed by atoms with van der Waals surface area (Å²) in [4.78, 5) is 33.7. The van der Waals surface area contributed by atoms with Crippen molar-refractivity contribution in [1.82, 2.24) is 24.6 Å². The highest BCUT2D eigenvalue weighted by Gasteiger charge is 2.27. The Morgan fingerprint density at radius 3 is 2.03 bits per heavy atom. The van der Waals surface area contributed by atoms with Gasteiger partial charge in [-0.05, 0) is 35.7 Å². The summed E-state index contributed by atoms with van der Waals surface area (Å²) in [6, 6.07) is 28.3. The number of aromatic nitrogens is 3. The van der Waals surface area contributed by atoms with Gasteiger partial charge in [-0.2, -0.15) is 5.10 Å². The molecule has 37 heavy (non-hydrogen) atoms. The summed E-state index contributed by atoms with van der Waals surface area (Å²) >= 11 is 0. The van der Waals surface area contributed by atoms with Gasteiger partial charge in [-0.15, -0.1) is 0 Å². The van der Waals surface area contributed by atoms with E-state index >= 15 is 0 Å². The Morgan fingerprint density at radius 1 is 0.784 bits per heavy atom. The second kappa shape index (κ2) is 11.8. The number of carbonyl (C=O) groups excluding carboxylic acids is 1. The number of rotatable bonds is 8. The highest BCUT2D eigenvalue weighted by atomic mass is 16.2. The molecule has 3 heterocycles. The number of amides is 1. The molecule has 1 saturated heterocycles. The van der Waals surface area contributed by atoms with E-state index in [4.69, 9.17) is 0 Å². The van der Waals surface area contributed by atoms with E-state index in [1.165, 1.54) is 21.9 Å². The molecule has 0 spiro atoms. The number of aryl methyl sites for hydroxylation is 1. The van der Waals surface area contributed by atoms with Crippen LogP contribution in [0.4, 0.5) is 0 Å². The molecular weight excluding hydrogens is 462 g/mol. The molecule has 1 aliphatic rings. The van der Waals surface area contributed by atoms with Crippen molar-refractivity contribution in [2.75, 3.05) is 26.2 Å². The highest BCUT2D eigenvalue weighted by molar-refractivity contribution is 5.76. The van der Waals surface area contributed by atoms with Crippen LogP contribution in [0, 0.1) is 0 Å². The maximum atomic E-state index is 13.0. The number of piperazine rings is 1. The van der Waals surface area contributed by atoms with Crippen LogP contribution in [0.2, 0.25) is 0 Å². The van der Waals surface area contributed by atoms with Crippen LogP contribution >= 0.6 is 0 Å². The smallest absolute Gasteiger partial charge is 0.266 e. The Bertz CT molecular complexity index is 1310. The zero-order valence-corrected chi connectivity index (χ0v) is 20.8. The van der Waals surface area contributed by atoms with Crippen molar-refractivity contribution in [3.8, 4) is 11.3 Å². The van der Waals surface area contributed by atoms with E-state index in [1.54, 1.807) is 18.5 Å².